The maximum Gasteiger partial charge on any atom is 0.228 e. The Hall–Kier alpha value is -4.05. The molecule has 8 nitrogen and oxygen atoms in total. The summed E-state index contributed by atoms with van der Waals surface area (Å²) in [6.45, 7) is 0.531. The fourth-order valence-electron chi connectivity index (χ4n) is 4.05. The van der Waals surface area contributed by atoms with Gasteiger partial charge in [0.2, 0.25) is 5.91 Å². The topological polar surface area (TPSA) is 90.3 Å². The van der Waals surface area contributed by atoms with Crippen LogP contribution in [-0.2, 0) is 17.8 Å². The van der Waals surface area contributed by atoms with Crippen LogP contribution in [-0.4, -0.2) is 34.9 Å². The summed E-state index contributed by atoms with van der Waals surface area (Å²) in [6.07, 6.45) is 3.83. The zero-order valence-corrected chi connectivity index (χ0v) is 22.9. The standard InChI is InChI=1S/C29H26ClN5O3S/c1-37-23-11-9-20(26(16-23)38-2)17-32-39-27-15-22(33-28(36)14-19-6-3-4-8-24(19)30)10-12-25(27)35-18-21-7-5-13-31-29(21)34-35/h3-13,15-16,18,32H,14,17H2,1-2H3,(H,33,36). The molecule has 1 amide bonds. The van der Waals surface area contributed by atoms with E-state index in [1.54, 1.807) is 31.2 Å². The molecule has 0 saturated carbocycles. The van der Waals surface area contributed by atoms with Crippen molar-refractivity contribution in [2.45, 2.75) is 17.9 Å². The first kappa shape index (κ1) is 26.6. The molecule has 0 aliphatic heterocycles. The summed E-state index contributed by atoms with van der Waals surface area (Å²) < 4.78 is 16.0. The molecule has 2 N–H and O–H groups in total. The number of aromatic nitrogens is 3. The molecule has 0 aliphatic rings. The molecule has 0 spiro atoms. The van der Waals surface area contributed by atoms with Crippen LogP contribution in [0.1, 0.15) is 11.1 Å². The maximum absolute atomic E-state index is 12.8. The van der Waals surface area contributed by atoms with Gasteiger partial charge in [0.15, 0.2) is 5.65 Å². The number of rotatable bonds is 10. The summed E-state index contributed by atoms with van der Waals surface area (Å²) in [4.78, 5) is 18.0. The van der Waals surface area contributed by atoms with E-state index in [9.17, 15) is 4.79 Å². The highest BCUT2D eigenvalue weighted by Gasteiger charge is 2.13. The second kappa shape index (κ2) is 12.2. The van der Waals surface area contributed by atoms with Crippen molar-refractivity contribution in [3.8, 4) is 17.2 Å². The van der Waals surface area contributed by atoms with Crippen molar-refractivity contribution in [1.82, 2.24) is 19.5 Å². The van der Waals surface area contributed by atoms with Gasteiger partial charge >= 0.3 is 0 Å². The van der Waals surface area contributed by atoms with Crippen LogP contribution in [0.15, 0.2) is 90.1 Å². The van der Waals surface area contributed by atoms with Gasteiger partial charge in [-0.25, -0.2) is 9.67 Å². The van der Waals surface area contributed by atoms with Crippen LogP contribution in [0.3, 0.4) is 0 Å². The number of nitrogens with one attached hydrogen (secondary N) is 2. The highest BCUT2D eigenvalue weighted by molar-refractivity contribution is 7.97. The minimum atomic E-state index is -0.156. The lowest BCUT2D eigenvalue weighted by Crippen LogP contribution is -2.15. The highest BCUT2D eigenvalue weighted by Crippen LogP contribution is 2.30. The first-order valence-corrected chi connectivity index (χ1v) is 13.3. The molecule has 0 bridgehead atoms. The largest absolute Gasteiger partial charge is 0.497 e. The number of pyridine rings is 1. The molecule has 0 saturated heterocycles. The van der Waals surface area contributed by atoms with Crippen LogP contribution in [0.25, 0.3) is 16.7 Å². The third-order valence-electron chi connectivity index (χ3n) is 6.02. The van der Waals surface area contributed by atoms with Gasteiger partial charge in [-0.15, -0.1) is 5.10 Å². The zero-order chi connectivity index (χ0) is 27.2. The summed E-state index contributed by atoms with van der Waals surface area (Å²) in [5, 5.41) is 9.13. The van der Waals surface area contributed by atoms with E-state index in [1.807, 2.05) is 72.9 Å². The number of halogens is 1. The highest BCUT2D eigenvalue weighted by atomic mass is 35.5. The predicted octanol–water partition coefficient (Wildman–Crippen LogP) is 6.07. The molecule has 5 aromatic rings. The quantitative estimate of drug-likeness (QED) is 0.201. The van der Waals surface area contributed by atoms with Crippen molar-refractivity contribution in [1.29, 1.82) is 0 Å². The average Bonchev–Trinajstić information content (AvgIpc) is 3.38. The molecule has 0 radical (unpaired) electrons. The van der Waals surface area contributed by atoms with Crippen molar-refractivity contribution in [3.63, 3.8) is 0 Å². The lowest BCUT2D eigenvalue weighted by Gasteiger charge is -2.14. The number of anilines is 1. The summed E-state index contributed by atoms with van der Waals surface area (Å²) in [5.74, 6) is 1.30. The minimum absolute atomic E-state index is 0.156. The first-order chi connectivity index (χ1) is 19.0. The smallest absolute Gasteiger partial charge is 0.228 e. The first-order valence-electron chi connectivity index (χ1n) is 12.1. The van der Waals surface area contributed by atoms with Crippen molar-refractivity contribution in [3.05, 3.63) is 101 Å². The van der Waals surface area contributed by atoms with E-state index in [2.05, 4.69) is 20.1 Å². The Morgan fingerprint density at radius 2 is 1.87 bits per heavy atom. The van der Waals surface area contributed by atoms with Gasteiger partial charge in [-0.1, -0.05) is 35.9 Å². The van der Waals surface area contributed by atoms with Gasteiger partial charge in [-0.05, 0) is 60.0 Å². The molecule has 2 aromatic heterocycles. The number of carbonyl (C=O) groups excluding carboxylic acids is 1. The van der Waals surface area contributed by atoms with Crippen molar-refractivity contribution >= 4 is 46.2 Å². The summed E-state index contributed by atoms with van der Waals surface area (Å²) in [6, 6.07) is 22.6. The molecular weight excluding hydrogens is 534 g/mol. The summed E-state index contributed by atoms with van der Waals surface area (Å²) in [5.41, 5.74) is 3.91. The number of benzene rings is 3. The number of fused-ring (bicyclic) bond motifs is 1. The van der Waals surface area contributed by atoms with Crippen LogP contribution in [0, 0.1) is 0 Å². The van der Waals surface area contributed by atoms with Gasteiger partial charge in [-0.3, -0.25) is 9.52 Å². The van der Waals surface area contributed by atoms with E-state index in [1.165, 1.54) is 11.9 Å². The SMILES string of the molecule is COc1ccc(CNSc2cc(NC(=O)Cc3ccccc3Cl)ccc2-n2cc3cccnc3n2)c(OC)c1. The van der Waals surface area contributed by atoms with Gasteiger partial charge < -0.3 is 14.8 Å². The van der Waals surface area contributed by atoms with E-state index >= 15 is 0 Å². The molecule has 0 atom stereocenters. The third kappa shape index (κ3) is 6.34. The Labute approximate surface area is 235 Å². The van der Waals surface area contributed by atoms with Gasteiger partial charge in [0, 0.05) is 46.7 Å². The van der Waals surface area contributed by atoms with Gasteiger partial charge in [0.05, 0.1) is 31.2 Å². The molecule has 10 heteroatoms. The Morgan fingerprint density at radius 1 is 1.00 bits per heavy atom. The monoisotopic (exact) mass is 559 g/mol. The molecular formula is C29H26ClN5O3S. The van der Waals surface area contributed by atoms with E-state index in [4.69, 9.17) is 21.1 Å². The molecule has 39 heavy (non-hydrogen) atoms. The fourth-order valence-corrected chi connectivity index (χ4v) is 5.09. The number of carbonyl (C=O) groups is 1. The molecule has 5 rings (SSSR count). The molecule has 198 valence electrons. The second-order valence-electron chi connectivity index (χ2n) is 8.59. The van der Waals surface area contributed by atoms with Crippen LogP contribution in [0.4, 0.5) is 5.69 Å². The van der Waals surface area contributed by atoms with E-state index in [-0.39, 0.29) is 12.3 Å². The van der Waals surface area contributed by atoms with Gasteiger partial charge in [-0.2, -0.15) is 0 Å². The van der Waals surface area contributed by atoms with E-state index < -0.39 is 0 Å². The number of hydrogen-bond acceptors (Lipinski definition) is 7. The summed E-state index contributed by atoms with van der Waals surface area (Å²) in [7, 11) is 3.26. The fraction of sp³-hybridized carbons (Fsp3) is 0.138. The molecule has 0 unspecified atom stereocenters. The van der Waals surface area contributed by atoms with Gasteiger partial charge in [0.1, 0.15) is 11.5 Å². The second-order valence-corrected chi connectivity index (χ2v) is 9.93. The Bertz CT molecular complexity index is 1590. The lowest BCUT2D eigenvalue weighted by molar-refractivity contribution is -0.115. The number of nitrogens with zero attached hydrogens (tertiary/aromatic N) is 3. The average molecular weight is 560 g/mol. The van der Waals surface area contributed by atoms with Crippen molar-refractivity contribution in [2.75, 3.05) is 19.5 Å². The van der Waals surface area contributed by atoms with E-state index in [0.29, 0.717) is 22.9 Å². The zero-order valence-electron chi connectivity index (χ0n) is 21.3. The lowest BCUT2D eigenvalue weighted by atomic mass is 10.1. The number of methoxy groups -OCH3 is 2. The number of hydrogen-bond donors (Lipinski definition) is 2. The third-order valence-corrected chi connectivity index (χ3v) is 7.22. The van der Waals surface area contributed by atoms with Crippen molar-refractivity contribution < 1.29 is 14.3 Å². The molecule has 3 aromatic carbocycles. The Kier molecular flexibility index (Phi) is 8.31. The van der Waals surface area contributed by atoms with Crippen LogP contribution >= 0.6 is 23.5 Å². The van der Waals surface area contributed by atoms with Crippen LogP contribution in [0.2, 0.25) is 5.02 Å². The molecule has 2 heterocycles. The van der Waals surface area contributed by atoms with E-state index in [0.717, 1.165) is 38.6 Å². The maximum atomic E-state index is 12.8. The van der Waals surface area contributed by atoms with Crippen LogP contribution in [0.5, 0.6) is 11.5 Å². The van der Waals surface area contributed by atoms with Crippen LogP contribution < -0.4 is 19.5 Å². The number of ether oxygens (including phenoxy) is 2. The van der Waals surface area contributed by atoms with Gasteiger partial charge in [0.25, 0.3) is 0 Å². The molecule has 0 fully saturated rings. The summed E-state index contributed by atoms with van der Waals surface area (Å²) >= 11 is 7.68. The molecule has 0 aliphatic carbocycles. The predicted molar refractivity (Wildman–Crippen MR) is 155 cm³/mol. The number of amides is 1. The Morgan fingerprint density at radius 3 is 2.67 bits per heavy atom. The van der Waals surface area contributed by atoms with Crippen molar-refractivity contribution in [2.24, 2.45) is 0 Å². The normalized spacial score (nSPS) is 10.9. The minimum Gasteiger partial charge on any atom is -0.497 e. The Balaban J connectivity index is 1.39.